The van der Waals surface area contributed by atoms with Crippen LogP contribution in [0.1, 0.15) is 22.6 Å². The van der Waals surface area contributed by atoms with Crippen LogP contribution in [-0.4, -0.2) is 60.3 Å². The minimum atomic E-state index is -4.63. The molecule has 22 heavy (non-hydrogen) atoms. The Kier molecular flexibility index (Phi) is 4.97. The SMILES string of the molecule is COC[C@@H]1C[C@@H](OC)CN1C(=O)c1cnc(C(F)(F)F)nc1. The summed E-state index contributed by atoms with van der Waals surface area (Å²) in [6.07, 6.45) is -2.36. The van der Waals surface area contributed by atoms with Crippen LogP contribution in [0.5, 0.6) is 0 Å². The second-order valence-corrected chi connectivity index (χ2v) is 4.95. The fourth-order valence-corrected chi connectivity index (χ4v) is 2.39. The first-order chi connectivity index (χ1) is 10.4. The molecule has 1 aliphatic heterocycles. The molecule has 9 heteroatoms. The van der Waals surface area contributed by atoms with Crippen molar-refractivity contribution in [2.75, 3.05) is 27.4 Å². The van der Waals surface area contributed by atoms with Crippen LogP contribution in [0.15, 0.2) is 12.4 Å². The third-order valence-electron chi connectivity index (χ3n) is 3.48. The lowest BCUT2D eigenvalue weighted by atomic mass is 10.2. The molecular weight excluding hydrogens is 303 g/mol. The number of ether oxygens (including phenoxy) is 2. The lowest BCUT2D eigenvalue weighted by molar-refractivity contribution is -0.145. The molecule has 6 nitrogen and oxygen atoms in total. The van der Waals surface area contributed by atoms with Gasteiger partial charge in [0.25, 0.3) is 5.91 Å². The smallest absolute Gasteiger partial charge is 0.383 e. The Labute approximate surface area is 125 Å². The Morgan fingerprint density at radius 2 is 2.00 bits per heavy atom. The molecule has 2 heterocycles. The lowest BCUT2D eigenvalue weighted by Gasteiger charge is -2.23. The first kappa shape index (κ1) is 16.6. The Morgan fingerprint density at radius 1 is 1.36 bits per heavy atom. The van der Waals surface area contributed by atoms with Crippen LogP contribution in [0.3, 0.4) is 0 Å². The molecule has 1 aromatic rings. The summed E-state index contributed by atoms with van der Waals surface area (Å²) in [5, 5.41) is 0. The van der Waals surface area contributed by atoms with Gasteiger partial charge in [-0.25, -0.2) is 9.97 Å². The number of methoxy groups -OCH3 is 2. The standard InChI is InChI=1S/C13H16F3N3O3/c1-21-7-9-3-10(22-2)6-19(9)11(20)8-4-17-12(18-5-8)13(14,15)16/h4-5,9-10H,3,6-7H2,1-2H3/t9-,10+/m0/s1. The maximum absolute atomic E-state index is 12.4. The number of alkyl halides is 3. The largest absolute Gasteiger partial charge is 0.451 e. The predicted octanol–water partition coefficient (Wildman–Crippen LogP) is 1.37. The molecule has 1 aromatic heterocycles. The minimum Gasteiger partial charge on any atom is -0.383 e. The van der Waals surface area contributed by atoms with Gasteiger partial charge in [0.1, 0.15) is 0 Å². The number of amides is 1. The predicted molar refractivity (Wildman–Crippen MR) is 69.1 cm³/mol. The number of hydrogen-bond acceptors (Lipinski definition) is 5. The quantitative estimate of drug-likeness (QED) is 0.839. The summed E-state index contributed by atoms with van der Waals surface area (Å²) in [6.45, 7) is 0.678. The van der Waals surface area contributed by atoms with Gasteiger partial charge in [-0.3, -0.25) is 4.79 Å². The van der Waals surface area contributed by atoms with Crippen molar-refractivity contribution in [3.05, 3.63) is 23.8 Å². The van der Waals surface area contributed by atoms with E-state index in [1.54, 1.807) is 7.11 Å². The van der Waals surface area contributed by atoms with Crippen LogP contribution in [0.25, 0.3) is 0 Å². The van der Waals surface area contributed by atoms with Crippen LogP contribution in [0.4, 0.5) is 13.2 Å². The van der Waals surface area contributed by atoms with E-state index in [2.05, 4.69) is 9.97 Å². The molecule has 1 amide bonds. The third-order valence-corrected chi connectivity index (χ3v) is 3.48. The highest BCUT2D eigenvalue weighted by molar-refractivity contribution is 5.94. The van der Waals surface area contributed by atoms with Crippen molar-refractivity contribution >= 4 is 5.91 Å². The average molecular weight is 319 g/mol. The molecule has 1 fully saturated rings. The topological polar surface area (TPSA) is 64.6 Å². The van der Waals surface area contributed by atoms with Crippen molar-refractivity contribution < 1.29 is 27.4 Å². The number of aromatic nitrogens is 2. The van der Waals surface area contributed by atoms with E-state index >= 15 is 0 Å². The second kappa shape index (κ2) is 6.57. The highest BCUT2D eigenvalue weighted by Gasteiger charge is 2.37. The molecule has 0 spiro atoms. The summed E-state index contributed by atoms with van der Waals surface area (Å²) in [6, 6.07) is -0.190. The van der Waals surface area contributed by atoms with Gasteiger partial charge in [-0.15, -0.1) is 0 Å². The summed E-state index contributed by atoms with van der Waals surface area (Å²) in [4.78, 5) is 20.3. The number of nitrogens with zero attached hydrogens (tertiary/aromatic N) is 3. The van der Waals surface area contributed by atoms with Crippen LogP contribution >= 0.6 is 0 Å². The van der Waals surface area contributed by atoms with Gasteiger partial charge in [0, 0.05) is 33.2 Å². The van der Waals surface area contributed by atoms with Crippen molar-refractivity contribution in [2.45, 2.75) is 24.7 Å². The summed E-state index contributed by atoms with van der Waals surface area (Å²) in [5.41, 5.74) is 0.00542. The molecule has 0 saturated carbocycles. The fraction of sp³-hybridized carbons (Fsp3) is 0.615. The molecule has 0 unspecified atom stereocenters. The van der Waals surface area contributed by atoms with Gasteiger partial charge >= 0.3 is 6.18 Å². The Balaban J connectivity index is 2.16. The van der Waals surface area contributed by atoms with Gasteiger partial charge in [0.05, 0.1) is 24.3 Å². The van der Waals surface area contributed by atoms with E-state index < -0.39 is 17.9 Å². The van der Waals surface area contributed by atoms with Crippen LogP contribution in [-0.2, 0) is 15.7 Å². The zero-order valence-corrected chi connectivity index (χ0v) is 12.1. The van der Waals surface area contributed by atoms with Gasteiger partial charge in [-0.05, 0) is 6.42 Å². The van der Waals surface area contributed by atoms with E-state index in [1.165, 1.54) is 12.0 Å². The molecule has 1 saturated heterocycles. The molecule has 1 aliphatic rings. The molecule has 0 aliphatic carbocycles. The zero-order valence-electron chi connectivity index (χ0n) is 12.1. The van der Waals surface area contributed by atoms with Gasteiger partial charge in [0.15, 0.2) is 0 Å². The number of rotatable bonds is 4. The van der Waals surface area contributed by atoms with Crippen LogP contribution < -0.4 is 0 Å². The van der Waals surface area contributed by atoms with Crippen LogP contribution in [0.2, 0.25) is 0 Å². The van der Waals surface area contributed by atoms with E-state index in [4.69, 9.17) is 9.47 Å². The fourth-order valence-electron chi connectivity index (χ4n) is 2.39. The van der Waals surface area contributed by atoms with Crippen molar-refractivity contribution in [1.82, 2.24) is 14.9 Å². The molecule has 2 atom stereocenters. The molecule has 0 bridgehead atoms. The normalized spacial score (nSPS) is 22.1. The molecule has 0 N–H and O–H groups in total. The number of halogens is 3. The highest BCUT2D eigenvalue weighted by Crippen LogP contribution is 2.26. The number of likely N-dealkylation sites (tertiary alicyclic amines) is 1. The Hall–Kier alpha value is -1.74. The third kappa shape index (κ3) is 3.53. The molecular formula is C13H16F3N3O3. The average Bonchev–Trinajstić information content (AvgIpc) is 2.89. The number of hydrogen-bond donors (Lipinski definition) is 0. The van der Waals surface area contributed by atoms with E-state index in [0.29, 0.717) is 19.6 Å². The van der Waals surface area contributed by atoms with E-state index in [-0.39, 0.29) is 17.7 Å². The maximum atomic E-state index is 12.4. The van der Waals surface area contributed by atoms with Crippen molar-refractivity contribution in [2.24, 2.45) is 0 Å². The van der Waals surface area contributed by atoms with Gasteiger partial charge in [-0.2, -0.15) is 13.2 Å². The summed E-state index contributed by atoms with van der Waals surface area (Å²) in [7, 11) is 3.06. The maximum Gasteiger partial charge on any atom is 0.451 e. The number of carbonyl (C=O) groups is 1. The summed E-state index contributed by atoms with van der Waals surface area (Å²) >= 11 is 0. The first-order valence-corrected chi connectivity index (χ1v) is 6.58. The highest BCUT2D eigenvalue weighted by atomic mass is 19.4. The second-order valence-electron chi connectivity index (χ2n) is 4.95. The van der Waals surface area contributed by atoms with Gasteiger partial charge in [-0.1, -0.05) is 0 Å². The van der Waals surface area contributed by atoms with Crippen molar-refractivity contribution in [3.8, 4) is 0 Å². The van der Waals surface area contributed by atoms with Crippen molar-refractivity contribution in [3.63, 3.8) is 0 Å². The monoisotopic (exact) mass is 319 g/mol. The van der Waals surface area contributed by atoms with Crippen LogP contribution in [0, 0.1) is 0 Å². The van der Waals surface area contributed by atoms with Crippen molar-refractivity contribution in [1.29, 1.82) is 0 Å². The summed E-state index contributed by atoms with van der Waals surface area (Å²) < 4.78 is 47.6. The lowest BCUT2D eigenvalue weighted by Crippen LogP contribution is -2.38. The minimum absolute atomic E-state index is 0.00542. The Morgan fingerprint density at radius 3 is 2.50 bits per heavy atom. The first-order valence-electron chi connectivity index (χ1n) is 6.58. The van der Waals surface area contributed by atoms with Gasteiger partial charge in [0.2, 0.25) is 5.82 Å². The molecule has 122 valence electrons. The van der Waals surface area contributed by atoms with E-state index in [1.807, 2.05) is 0 Å². The summed E-state index contributed by atoms with van der Waals surface area (Å²) in [5.74, 6) is -1.70. The van der Waals surface area contributed by atoms with E-state index in [9.17, 15) is 18.0 Å². The molecule has 0 radical (unpaired) electrons. The Bertz CT molecular complexity index is 522. The zero-order chi connectivity index (χ0) is 16.3. The molecule has 0 aromatic carbocycles. The number of carbonyl (C=O) groups excluding carboxylic acids is 1. The van der Waals surface area contributed by atoms with Gasteiger partial charge < -0.3 is 14.4 Å². The van der Waals surface area contributed by atoms with E-state index in [0.717, 1.165) is 12.4 Å². The molecule has 2 rings (SSSR count).